The third-order valence-corrected chi connectivity index (χ3v) is 27.9. The Balaban J connectivity index is 6.36. The molecule has 0 aromatic heterocycles. The second-order valence-electron chi connectivity index (χ2n) is 14.2. The second-order valence-corrected chi connectivity index (χ2v) is 28.7. The summed E-state index contributed by atoms with van der Waals surface area (Å²) in [5.41, 5.74) is 0. The highest BCUT2D eigenvalue weighted by atomic mass is 31.3. The van der Waals surface area contributed by atoms with Crippen molar-refractivity contribution in [1.29, 1.82) is 0 Å². The number of nitrogens with zero attached hydrogens (tertiary/aromatic N) is 1. The van der Waals surface area contributed by atoms with E-state index in [-0.39, 0.29) is 118 Å². The highest BCUT2D eigenvalue weighted by Gasteiger charge is 2.52. The number of nitrogens with one attached hydrogen (secondary N) is 3. The molecule has 22 nitrogen and oxygen atoms in total. The summed E-state index contributed by atoms with van der Waals surface area (Å²) < 4.78 is 152. The van der Waals surface area contributed by atoms with Crippen molar-refractivity contribution in [2.24, 2.45) is 0 Å². The average Bonchev–Trinajstić information content (AvgIpc) is 3.24. The van der Waals surface area contributed by atoms with Crippen LogP contribution >= 0.6 is 45.6 Å². The average molecular weight is 1090 g/mol. The Morgan fingerprint density at radius 1 is 0.284 bits per heavy atom. The molecular weight excluding hydrogens is 998 g/mol. The van der Waals surface area contributed by atoms with E-state index in [2.05, 4.69) is 20.9 Å². The van der Waals surface area contributed by atoms with E-state index in [0.29, 0.717) is 39.3 Å². The molecule has 3 N–H and O–H groups in total. The molecule has 28 heteroatoms. The summed E-state index contributed by atoms with van der Waals surface area (Å²) >= 11 is 0. The Labute approximate surface area is 403 Å². The number of hydrogen-bond donors (Lipinski definition) is 3. The summed E-state index contributed by atoms with van der Waals surface area (Å²) in [6.45, 7) is 24.9. The quantitative estimate of drug-likeness (QED) is 0.0378. The SMILES string of the molecule is CCOP(=O)(OCC)C(CCNCCN(CCNCCC(P(=O)(OCC)OCC)P(=O)(OCC)OCC)CCNCCC(P(=O)(OCC)OCC)P(=O)(OCC)OCC)P(=O)(OCC)OCC. The fourth-order valence-electron chi connectivity index (χ4n) is 7.00. The number of rotatable bonds is 48. The Bertz CT molecular complexity index is 1250. The van der Waals surface area contributed by atoms with Crippen LogP contribution < -0.4 is 16.0 Å². The monoisotopic (exact) mass is 1090 g/mol. The van der Waals surface area contributed by atoms with E-state index in [1.165, 1.54) is 0 Å². The minimum atomic E-state index is -3.92. The zero-order valence-electron chi connectivity index (χ0n) is 42.7. The molecule has 0 heterocycles. The van der Waals surface area contributed by atoms with Crippen molar-refractivity contribution >= 4 is 45.6 Å². The van der Waals surface area contributed by atoms with Crippen LogP contribution in [0.5, 0.6) is 0 Å². The van der Waals surface area contributed by atoms with E-state index >= 15 is 0 Å². The van der Waals surface area contributed by atoms with Gasteiger partial charge in [-0.3, -0.25) is 32.3 Å². The molecule has 0 fully saturated rings. The molecule has 0 aromatic rings. The summed E-state index contributed by atoms with van der Waals surface area (Å²) in [7, 11) is -23.5. The van der Waals surface area contributed by atoms with Crippen molar-refractivity contribution in [2.75, 3.05) is 138 Å². The van der Waals surface area contributed by atoms with E-state index in [0.717, 1.165) is 0 Å². The van der Waals surface area contributed by atoms with Crippen molar-refractivity contribution in [3.8, 4) is 0 Å². The molecule has 0 radical (unpaired) electrons. The zero-order chi connectivity index (χ0) is 50.9. The van der Waals surface area contributed by atoms with E-state index < -0.39 is 61.8 Å². The lowest BCUT2D eigenvalue weighted by atomic mass is 10.4. The van der Waals surface area contributed by atoms with Crippen LogP contribution in [-0.4, -0.2) is 159 Å². The van der Waals surface area contributed by atoms with Gasteiger partial charge in [0, 0.05) is 39.3 Å². The highest BCUT2D eigenvalue weighted by Crippen LogP contribution is 2.73. The minimum absolute atomic E-state index is 0.0746. The van der Waals surface area contributed by atoms with Crippen LogP contribution in [-0.2, 0) is 81.7 Å². The summed E-state index contributed by atoms with van der Waals surface area (Å²) in [5.74, 6) is 0. The van der Waals surface area contributed by atoms with Gasteiger partial charge in [0.15, 0.2) is 16.2 Å². The molecule has 0 bridgehead atoms. The van der Waals surface area contributed by atoms with Gasteiger partial charge in [0.2, 0.25) is 0 Å². The van der Waals surface area contributed by atoms with Gasteiger partial charge in [-0.2, -0.15) is 0 Å². The first-order valence-corrected chi connectivity index (χ1v) is 33.8. The molecular formula is C39H90N4O18P6. The summed E-state index contributed by atoms with van der Waals surface area (Å²) in [6.07, 6.45) is 0.337. The van der Waals surface area contributed by atoms with E-state index in [1.54, 1.807) is 83.1 Å². The fourth-order valence-corrected chi connectivity index (χ4v) is 23.1. The highest BCUT2D eigenvalue weighted by molar-refractivity contribution is 7.73. The standard InChI is InChI=1S/C39H90N4O18P6/c1-13-50-62(44,51-14-2)37(63(45,52-15-3)53-16-4)25-28-40-31-34-43(35-32-41-29-26-38(64(46,54-17-5)55-18-6)65(47,56-19-7)57-20-8)36-33-42-30-27-39(66(48,58-21-9)59-22-10)67(49,60-23-11)61-24-12/h37-42H,13-36H2,1-12H3. The molecule has 0 aliphatic carbocycles. The first-order valence-electron chi connectivity index (χ1n) is 24.1. The van der Waals surface area contributed by atoms with Gasteiger partial charge in [-0.05, 0) is 122 Å². The molecule has 0 rings (SSSR count). The van der Waals surface area contributed by atoms with Crippen LogP contribution in [0.25, 0.3) is 0 Å². The van der Waals surface area contributed by atoms with Crippen LogP contribution in [0.15, 0.2) is 0 Å². The van der Waals surface area contributed by atoms with Gasteiger partial charge in [-0.15, -0.1) is 0 Å². The minimum Gasteiger partial charge on any atom is -0.315 e. The summed E-state index contributed by atoms with van der Waals surface area (Å²) in [4.78, 5) is 2.17. The van der Waals surface area contributed by atoms with Gasteiger partial charge in [-0.1, -0.05) is 0 Å². The van der Waals surface area contributed by atoms with E-state index in [9.17, 15) is 27.4 Å². The smallest absolute Gasteiger partial charge is 0.315 e. The van der Waals surface area contributed by atoms with Gasteiger partial charge in [0.05, 0.1) is 79.3 Å². The second kappa shape index (κ2) is 37.5. The first kappa shape index (κ1) is 67.7. The topological polar surface area (TPSA) is 253 Å². The predicted molar refractivity (Wildman–Crippen MR) is 265 cm³/mol. The molecule has 0 aliphatic heterocycles. The molecule has 0 aromatic carbocycles. The van der Waals surface area contributed by atoms with Gasteiger partial charge in [0.1, 0.15) is 0 Å². The Morgan fingerprint density at radius 3 is 0.567 bits per heavy atom. The zero-order valence-corrected chi connectivity index (χ0v) is 48.0. The molecule has 404 valence electrons. The summed E-state index contributed by atoms with van der Waals surface area (Å²) in [5, 5.41) is 6.64. The Morgan fingerprint density at radius 2 is 0.433 bits per heavy atom. The Kier molecular flexibility index (Phi) is 37.9. The predicted octanol–water partition coefficient (Wildman–Crippen LogP) is 9.80. The molecule has 0 atom stereocenters. The molecule has 67 heavy (non-hydrogen) atoms. The van der Waals surface area contributed by atoms with Crippen LogP contribution in [0, 0.1) is 0 Å². The summed E-state index contributed by atoms with van der Waals surface area (Å²) in [6, 6.07) is 0. The lowest BCUT2D eigenvalue weighted by Crippen LogP contribution is -2.41. The molecule has 0 amide bonds. The van der Waals surface area contributed by atoms with Crippen molar-refractivity contribution in [3.63, 3.8) is 0 Å². The first-order chi connectivity index (χ1) is 31.9. The molecule has 0 saturated heterocycles. The number of hydrogen-bond acceptors (Lipinski definition) is 22. The third-order valence-electron chi connectivity index (χ3n) is 9.45. The van der Waals surface area contributed by atoms with Crippen molar-refractivity contribution in [2.45, 2.75) is 119 Å². The third kappa shape index (κ3) is 23.7. The van der Waals surface area contributed by atoms with Crippen LogP contribution in [0.2, 0.25) is 0 Å². The van der Waals surface area contributed by atoms with Crippen molar-refractivity contribution < 1.29 is 81.7 Å². The van der Waals surface area contributed by atoms with Gasteiger partial charge in [-0.25, -0.2) is 0 Å². The van der Waals surface area contributed by atoms with Crippen LogP contribution in [0.4, 0.5) is 0 Å². The van der Waals surface area contributed by atoms with Crippen LogP contribution in [0.1, 0.15) is 102 Å². The lowest BCUT2D eigenvalue weighted by molar-refractivity contribution is 0.191. The molecule has 0 saturated carbocycles. The molecule has 0 aliphatic rings. The van der Waals surface area contributed by atoms with E-state index in [4.69, 9.17) is 54.3 Å². The Hall–Kier alpha value is 0.740. The maximum Gasteiger partial charge on any atom is 0.345 e. The van der Waals surface area contributed by atoms with Crippen LogP contribution in [0.3, 0.4) is 0 Å². The van der Waals surface area contributed by atoms with Gasteiger partial charge in [0.25, 0.3) is 0 Å². The van der Waals surface area contributed by atoms with Crippen molar-refractivity contribution in [1.82, 2.24) is 20.9 Å². The molecule has 0 spiro atoms. The maximum absolute atomic E-state index is 14.0. The fraction of sp³-hybridized carbons (Fsp3) is 1.00. The van der Waals surface area contributed by atoms with Gasteiger partial charge >= 0.3 is 45.6 Å². The lowest BCUT2D eigenvalue weighted by Gasteiger charge is -2.31. The van der Waals surface area contributed by atoms with Crippen molar-refractivity contribution in [3.05, 3.63) is 0 Å². The normalized spacial score (nSPS) is 13.6. The van der Waals surface area contributed by atoms with E-state index in [1.807, 2.05) is 0 Å². The maximum atomic E-state index is 14.0. The largest absolute Gasteiger partial charge is 0.345 e. The molecule has 0 unspecified atom stereocenters. The van der Waals surface area contributed by atoms with Gasteiger partial charge < -0.3 is 70.2 Å².